The lowest BCUT2D eigenvalue weighted by Crippen LogP contribution is -2.33. The molecule has 0 aromatic carbocycles. The highest BCUT2D eigenvalue weighted by Crippen LogP contribution is 2.05. The van der Waals surface area contributed by atoms with Gasteiger partial charge in [0, 0.05) is 19.8 Å². The number of hydrogen-bond donors (Lipinski definition) is 0. The fourth-order valence-electron chi connectivity index (χ4n) is 3.01. The largest absolute Gasteiger partial charge is 0.379 e. The van der Waals surface area contributed by atoms with E-state index >= 15 is 0 Å². The predicted octanol–water partition coefficient (Wildman–Crippen LogP) is 4.29. The second-order valence-electron chi connectivity index (χ2n) is 9.44. The van der Waals surface area contributed by atoms with E-state index in [9.17, 15) is 0 Å². The van der Waals surface area contributed by atoms with Crippen molar-refractivity contribution in [1.82, 2.24) is 0 Å². The average molecular weight is 539 g/mol. The third-order valence-electron chi connectivity index (χ3n) is 5.07. The third kappa shape index (κ3) is 25.7. The minimum atomic E-state index is -0.222. The fraction of sp³-hybridized carbons (Fsp3) is 1.00. The SMILES string of the molecule is CCCOCCOCCOC(COC(C)COC(C)COCCC)COC(C)COC(C)COCCC. The van der Waals surface area contributed by atoms with Crippen molar-refractivity contribution < 1.29 is 42.6 Å². The molecule has 9 heteroatoms. The molecule has 0 fully saturated rings. The Morgan fingerprint density at radius 3 is 1.16 bits per heavy atom. The first kappa shape index (κ1) is 36.6. The molecule has 4 atom stereocenters. The van der Waals surface area contributed by atoms with Gasteiger partial charge in [-0.2, -0.15) is 0 Å². The standard InChI is InChI=1S/C28H58O9/c1-8-11-29-14-15-30-16-17-33-28(22-36-26(6)20-34-24(4)18-31-12-9-2)23-37-27(7)21-35-25(5)19-32-13-10-3/h24-28H,8-23H2,1-7H3. The Bertz CT molecular complexity index is 425. The quantitative estimate of drug-likeness (QED) is 0.130. The van der Waals surface area contributed by atoms with E-state index in [1.54, 1.807) is 0 Å². The van der Waals surface area contributed by atoms with Crippen LogP contribution in [0.25, 0.3) is 0 Å². The van der Waals surface area contributed by atoms with Crippen molar-refractivity contribution in [3.8, 4) is 0 Å². The number of ether oxygens (including phenoxy) is 9. The summed E-state index contributed by atoms with van der Waals surface area (Å²) in [5.41, 5.74) is 0. The zero-order valence-corrected chi connectivity index (χ0v) is 24.9. The van der Waals surface area contributed by atoms with Gasteiger partial charge in [0.15, 0.2) is 0 Å². The van der Waals surface area contributed by atoms with Crippen LogP contribution in [0.1, 0.15) is 67.7 Å². The molecule has 0 saturated carbocycles. The van der Waals surface area contributed by atoms with Gasteiger partial charge in [-0.15, -0.1) is 0 Å². The lowest BCUT2D eigenvalue weighted by atomic mass is 10.3. The highest BCUT2D eigenvalue weighted by atomic mass is 16.6. The van der Waals surface area contributed by atoms with Gasteiger partial charge in [-0.25, -0.2) is 0 Å². The van der Waals surface area contributed by atoms with E-state index in [1.807, 2.05) is 27.7 Å². The smallest absolute Gasteiger partial charge is 0.104 e. The molecule has 0 aromatic rings. The van der Waals surface area contributed by atoms with Gasteiger partial charge in [-0.3, -0.25) is 0 Å². The van der Waals surface area contributed by atoms with Crippen molar-refractivity contribution in [2.75, 3.05) is 85.9 Å². The molecule has 0 heterocycles. The van der Waals surface area contributed by atoms with E-state index in [2.05, 4.69) is 20.8 Å². The summed E-state index contributed by atoms with van der Waals surface area (Å²) in [6.45, 7) is 21.6. The van der Waals surface area contributed by atoms with Crippen LogP contribution in [0.5, 0.6) is 0 Å². The van der Waals surface area contributed by atoms with Crippen LogP contribution in [0.2, 0.25) is 0 Å². The summed E-state index contributed by atoms with van der Waals surface area (Å²) in [4.78, 5) is 0. The molecule has 4 unspecified atom stereocenters. The molecule has 0 aliphatic rings. The van der Waals surface area contributed by atoms with E-state index in [1.165, 1.54) is 0 Å². The van der Waals surface area contributed by atoms with E-state index in [4.69, 9.17) is 42.6 Å². The Balaban J connectivity index is 4.35. The van der Waals surface area contributed by atoms with E-state index in [0.29, 0.717) is 66.1 Å². The summed E-state index contributed by atoms with van der Waals surface area (Å²) in [6.07, 6.45) is 2.71. The lowest BCUT2D eigenvalue weighted by Gasteiger charge is -2.24. The van der Waals surface area contributed by atoms with Crippen molar-refractivity contribution in [3.63, 3.8) is 0 Å². The monoisotopic (exact) mass is 538 g/mol. The summed E-state index contributed by atoms with van der Waals surface area (Å²) in [7, 11) is 0. The Hall–Kier alpha value is -0.360. The molecule has 0 saturated heterocycles. The predicted molar refractivity (Wildman–Crippen MR) is 146 cm³/mol. The molecule has 0 N–H and O–H groups in total. The van der Waals surface area contributed by atoms with Crippen LogP contribution in [0.3, 0.4) is 0 Å². The van der Waals surface area contributed by atoms with Gasteiger partial charge < -0.3 is 42.6 Å². The molecule has 9 nitrogen and oxygen atoms in total. The minimum Gasteiger partial charge on any atom is -0.379 e. The van der Waals surface area contributed by atoms with E-state index < -0.39 is 0 Å². The Morgan fingerprint density at radius 2 is 0.703 bits per heavy atom. The summed E-state index contributed by atoms with van der Waals surface area (Å²) in [6, 6.07) is 0. The van der Waals surface area contributed by atoms with Crippen LogP contribution in [-0.4, -0.2) is 116 Å². The van der Waals surface area contributed by atoms with E-state index in [-0.39, 0.29) is 30.5 Å². The van der Waals surface area contributed by atoms with E-state index in [0.717, 1.165) is 39.1 Å². The normalized spacial score (nSPS) is 16.0. The molecule has 0 amide bonds. The highest BCUT2D eigenvalue weighted by Gasteiger charge is 2.16. The van der Waals surface area contributed by atoms with Crippen LogP contribution >= 0.6 is 0 Å². The minimum absolute atomic E-state index is 0.0297. The molecule has 0 aromatic heterocycles. The van der Waals surface area contributed by atoms with Gasteiger partial charge in [-0.1, -0.05) is 20.8 Å². The molecule has 0 aliphatic carbocycles. The molecular weight excluding hydrogens is 480 g/mol. The molecule has 0 radical (unpaired) electrons. The first-order valence-electron chi connectivity index (χ1n) is 14.3. The lowest BCUT2D eigenvalue weighted by molar-refractivity contribution is -0.121. The maximum absolute atomic E-state index is 6.02. The first-order chi connectivity index (χ1) is 17.9. The molecule has 0 bridgehead atoms. The van der Waals surface area contributed by atoms with Gasteiger partial charge in [0.05, 0.1) is 90.5 Å². The zero-order valence-electron chi connectivity index (χ0n) is 24.9. The molecule has 37 heavy (non-hydrogen) atoms. The summed E-state index contributed by atoms with van der Waals surface area (Å²) in [5.74, 6) is 0. The maximum Gasteiger partial charge on any atom is 0.104 e. The second kappa shape index (κ2) is 27.2. The fourth-order valence-corrected chi connectivity index (χ4v) is 3.01. The molecule has 0 spiro atoms. The van der Waals surface area contributed by atoms with Gasteiger partial charge in [0.25, 0.3) is 0 Å². The van der Waals surface area contributed by atoms with Gasteiger partial charge in [-0.05, 0) is 47.0 Å². The van der Waals surface area contributed by atoms with Crippen molar-refractivity contribution in [2.45, 2.75) is 98.2 Å². The first-order valence-corrected chi connectivity index (χ1v) is 14.3. The van der Waals surface area contributed by atoms with Crippen molar-refractivity contribution in [3.05, 3.63) is 0 Å². The Kier molecular flexibility index (Phi) is 27.0. The van der Waals surface area contributed by atoms with Gasteiger partial charge in [0.1, 0.15) is 6.10 Å². The molecule has 0 aliphatic heterocycles. The van der Waals surface area contributed by atoms with Crippen molar-refractivity contribution in [1.29, 1.82) is 0 Å². The van der Waals surface area contributed by atoms with Crippen LogP contribution in [-0.2, 0) is 42.6 Å². The van der Waals surface area contributed by atoms with Crippen LogP contribution < -0.4 is 0 Å². The summed E-state index contributed by atoms with van der Waals surface area (Å²) >= 11 is 0. The summed E-state index contributed by atoms with van der Waals surface area (Å²) < 4.78 is 51.8. The van der Waals surface area contributed by atoms with Crippen LogP contribution in [0.15, 0.2) is 0 Å². The van der Waals surface area contributed by atoms with Gasteiger partial charge in [0.2, 0.25) is 0 Å². The third-order valence-corrected chi connectivity index (χ3v) is 5.07. The number of hydrogen-bond acceptors (Lipinski definition) is 9. The Morgan fingerprint density at radius 1 is 0.351 bits per heavy atom. The van der Waals surface area contributed by atoms with Crippen LogP contribution in [0.4, 0.5) is 0 Å². The van der Waals surface area contributed by atoms with Crippen molar-refractivity contribution >= 4 is 0 Å². The topological polar surface area (TPSA) is 83.1 Å². The molecular formula is C28H58O9. The second-order valence-corrected chi connectivity index (χ2v) is 9.44. The Labute approximate surface area is 227 Å². The van der Waals surface area contributed by atoms with Crippen LogP contribution in [0, 0.1) is 0 Å². The highest BCUT2D eigenvalue weighted by molar-refractivity contribution is 4.61. The molecule has 0 rings (SSSR count). The van der Waals surface area contributed by atoms with Gasteiger partial charge >= 0.3 is 0 Å². The zero-order chi connectivity index (χ0) is 27.6. The van der Waals surface area contributed by atoms with Crippen molar-refractivity contribution in [2.24, 2.45) is 0 Å². The summed E-state index contributed by atoms with van der Waals surface area (Å²) in [5, 5.41) is 0. The number of rotatable bonds is 29. The average Bonchev–Trinajstić information content (AvgIpc) is 2.89. The maximum atomic E-state index is 6.02. The molecule has 224 valence electrons.